The quantitative estimate of drug-likeness (QED) is 0.889. The second kappa shape index (κ2) is 5.99. The van der Waals surface area contributed by atoms with E-state index < -0.39 is 0 Å². The van der Waals surface area contributed by atoms with Crippen LogP contribution >= 0.6 is 0 Å². The van der Waals surface area contributed by atoms with Gasteiger partial charge in [0.05, 0.1) is 0 Å². The van der Waals surface area contributed by atoms with E-state index in [0.29, 0.717) is 6.04 Å². The van der Waals surface area contributed by atoms with E-state index in [1.54, 1.807) is 0 Å². The van der Waals surface area contributed by atoms with E-state index in [1.807, 2.05) is 18.5 Å². The molecule has 1 unspecified atom stereocenters. The summed E-state index contributed by atoms with van der Waals surface area (Å²) in [6.45, 7) is 8.52. The fourth-order valence-corrected chi connectivity index (χ4v) is 2.98. The average molecular weight is 262 g/mol. The fourth-order valence-electron chi connectivity index (χ4n) is 2.98. The highest BCUT2D eigenvalue weighted by atomic mass is 15.3. The maximum Gasteiger partial charge on any atom is 0.0312 e. The highest BCUT2D eigenvalue weighted by Gasteiger charge is 2.36. The summed E-state index contributed by atoms with van der Waals surface area (Å²) in [5.74, 6) is 0. The van der Waals surface area contributed by atoms with Crippen molar-refractivity contribution in [3.05, 3.63) is 30.1 Å². The molecule has 1 aromatic rings. The summed E-state index contributed by atoms with van der Waals surface area (Å²) in [7, 11) is 2.21. The van der Waals surface area contributed by atoms with Crippen molar-refractivity contribution in [1.82, 2.24) is 14.8 Å². The van der Waals surface area contributed by atoms with Gasteiger partial charge in [0.15, 0.2) is 0 Å². The molecule has 106 valence electrons. The van der Waals surface area contributed by atoms with Gasteiger partial charge in [-0.25, -0.2) is 0 Å². The van der Waals surface area contributed by atoms with E-state index in [1.165, 1.54) is 5.56 Å². The molecule has 2 N–H and O–H groups in total. The molecule has 1 saturated heterocycles. The topological polar surface area (TPSA) is 45.4 Å². The van der Waals surface area contributed by atoms with Gasteiger partial charge in [-0.1, -0.05) is 6.07 Å². The van der Waals surface area contributed by atoms with Crippen molar-refractivity contribution >= 4 is 0 Å². The summed E-state index contributed by atoms with van der Waals surface area (Å²) < 4.78 is 0. The zero-order chi connectivity index (χ0) is 13.9. The molecule has 0 aliphatic carbocycles. The minimum atomic E-state index is 0.190. The van der Waals surface area contributed by atoms with Crippen molar-refractivity contribution in [3.63, 3.8) is 0 Å². The van der Waals surface area contributed by atoms with Crippen molar-refractivity contribution in [1.29, 1.82) is 0 Å². The molecule has 2 heterocycles. The number of hydrogen-bond donors (Lipinski definition) is 1. The van der Waals surface area contributed by atoms with Crippen molar-refractivity contribution in [3.8, 4) is 0 Å². The summed E-state index contributed by atoms with van der Waals surface area (Å²) in [5.41, 5.74) is 7.21. The van der Waals surface area contributed by atoms with E-state index in [2.05, 4.69) is 41.7 Å². The Morgan fingerprint density at radius 1 is 1.47 bits per heavy atom. The summed E-state index contributed by atoms with van der Waals surface area (Å²) in [4.78, 5) is 9.22. The zero-order valence-corrected chi connectivity index (χ0v) is 12.3. The van der Waals surface area contributed by atoms with Crippen LogP contribution in [0.5, 0.6) is 0 Å². The summed E-state index contributed by atoms with van der Waals surface area (Å²) in [6.07, 6.45) is 4.86. The van der Waals surface area contributed by atoms with Gasteiger partial charge in [0.25, 0.3) is 0 Å². The molecule has 0 aromatic carbocycles. The van der Waals surface area contributed by atoms with Gasteiger partial charge < -0.3 is 10.6 Å². The van der Waals surface area contributed by atoms with Gasteiger partial charge in [0, 0.05) is 43.6 Å². The number of aromatic nitrogens is 1. The van der Waals surface area contributed by atoms with E-state index in [4.69, 9.17) is 5.73 Å². The normalized spacial score (nSPS) is 24.5. The number of rotatable bonds is 4. The molecule has 0 amide bonds. The molecular formula is C15H26N4. The van der Waals surface area contributed by atoms with Gasteiger partial charge in [0.2, 0.25) is 0 Å². The molecule has 4 heteroatoms. The Hall–Kier alpha value is -0.970. The van der Waals surface area contributed by atoms with Crippen LogP contribution in [0.1, 0.15) is 25.8 Å². The molecule has 19 heavy (non-hydrogen) atoms. The van der Waals surface area contributed by atoms with Crippen LogP contribution in [0.25, 0.3) is 0 Å². The molecular weight excluding hydrogens is 236 g/mol. The lowest BCUT2D eigenvalue weighted by molar-refractivity contribution is -0.0122. The summed E-state index contributed by atoms with van der Waals surface area (Å²) in [6, 6.07) is 4.73. The maximum atomic E-state index is 5.73. The second-order valence-corrected chi connectivity index (χ2v) is 6.20. The average Bonchev–Trinajstić information content (AvgIpc) is 2.36. The molecule has 1 aromatic heterocycles. The predicted octanol–water partition coefficient (Wildman–Crippen LogP) is 1.33. The smallest absolute Gasteiger partial charge is 0.0312 e. The first kappa shape index (κ1) is 14.4. The Bertz CT molecular complexity index is 390. The lowest BCUT2D eigenvalue weighted by atomic mass is 9.94. The van der Waals surface area contributed by atoms with Gasteiger partial charge >= 0.3 is 0 Å². The molecule has 1 aliphatic rings. The van der Waals surface area contributed by atoms with Gasteiger partial charge in [-0.15, -0.1) is 0 Å². The lowest BCUT2D eigenvalue weighted by Crippen LogP contribution is -2.62. The van der Waals surface area contributed by atoms with Crippen LogP contribution in [0.15, 0.2) is 24.5 Å². The third-order valence-corrected chi connectivity index (χ3v) is 4.14. The highest BCUT2D eigenvalue weighted by Crippen LogP contribution is 2.26. The molecule has 2 rings (SSSR count). The van der Waals surface area contributed by atoms with E-state index >= 15 is 0 Å². The Morgan fingerprint density at radius 3 is 2.89 bits per heavy atom. The number of piperazine rings is 1. The summed E-state index contributed by atoms with van der Waals surface area (Å²) >= 11 is 0. The van der Waals surface area contributed by atoms with Crippen LogP contribution in [-0.4, -0.2) is 53.0 Å². The highest BCUT2D eigenvalue weighted by molar-refractivity contribution is 5.10. The maximum absolute atomic E-state index is 5.73. The Morgan fingerprint density at radius 2 is 2.26 bits per heavy atom. The largest absolute Gasteiger partial charge is 0.330 e. The van der Waals surface area contributed by atoms with E-state index in [9.17, 15) is 0 Å². The van der Waals surface area contributed by atoms with Crippen molar-refractivity contribution < 1.29 is 0 Å². The third-order valence-electron chi connectivity index (χ3n) is 4.14. The minimum Gasteiger partial charge on any atom is -0.330 e. The van der Waals surface area contributed by atoms with Gasteiger partial charge in [-0.05, 0) is 45.5 Å². The molecule has 0 radical (unpaired) electrons. The van der Waals surface area contributed by atoms with Gasteiger partial charge in [0.1, 0.15) is 0 Å². The molecule has 0 bridgehead atoms. The van der Waals surface area contributed by atoms with Crippen molar-refractivity contribution in [2.75, 3.05) is 26.7 Å². The SMILES string of the molecule is CN1CC(C)(C)N(Cc2cccnc2)CC1CCN. The number of pyridine rings is 1. The first-order valence-corrected chi connectivity index (χ1v) is 7.07. The monoisotopic (exact) mass is 262 g/mol. The number of nitrogens with zero attached hydrogens (tertiary/aromatic N) is 3. The van der Waals surface area contributed by atoms with Gasteiger partial charge in [-0.2, -0.15) is 0 Å². The Labute approximate surface area is 116 Å². The van der Waals surface area contributed by atoms with E-state index in [0.717, 1.165) is 32.6 Å². The second-order valence-electron chi connectivity index (χ2n) is 6.20. The lowest BCUT2D eigenvalue weighted by Gasteiger charge is -2.50. The van der Waals surface area contributed by atoms with Crippen LogP contribution in [0.2, 0.25) is 0 Å². The molecule has 0 spiro atoms. The van der Waals surface area contributed by atoms with Crippen molar-refractivity contribution in [2.45, 2.75) is 38.4 Å². The van der Waals surface area contributed by atoms with Crippen LogP contribution in [-0.2, 0) is 6.54 Å². The van der Waals surface area contributed by atoms with Crippen LogP contribution in [0.3, 0.4) is 0 Å². The first-order chi connectivity index (χ1) is 9.03. The molecule has 1 aliphatic heterocycles. The zero-order valence-electron chi connectivity index (χ0n) is 12.3. The third kappa shape index (κ3) is 3.53. The number of likely N-dealkylation sites (N-methyl/N-ethyl adjacent to an activating group) is 1. The molecule has 1 fully saturated rings. The summed E-state index contributed by atoms with van der Waals surface area (Å²) in [5, 5.41) is 0. The van der Waals surface area contributed by atoms with Crippen LogP contribution in [0, 0.1) is 0 Å². The van der Waals surface area contributed by atoms with Gasteiger partial charge in [-0.3, -0.25) is 9.88 Å². The standard InChI is InChI=1S/C15H26N4/c1-15(2)12-18(3)14(6-7-16)11-19(15)10-13-5-4-8-17-9-13/h4-5,8-9,14H,6-7,10-12,16H2,1-3H3. The molecule has 1 atom stereocenters. The predicted molar refractivity (Wildman–Crippen MR) is 78.8 cm³/mol. The first-order valence-electron chi connectivity index (χ1n) is 7.07. The van der Waals surface area contributed by atoms with Crippen molar-refractivity contribution in [2.24, 2.45) is 5.73 Å². The van der Waals surface area contributed by atoms with Crippen LogP contribution in [0.4, 0.5) is 0 Å². The minimum absolute atomic E-state index is 0.190. The number of nitrogens with two attached hydrogens (primary N) is 1. The Kier molecular flexibility index (Phi) is 4.55. The van der Waals surface area contributed by atoms with Crippen LogP contribution < -0.4 is 5.73 Å². The van der Waals surface area contributed by atoms with E-state index in [-0.39, 0.29) is 5.54 Å². The molecule has 4 nitrogen and oxygen atoms in total. The number of hydrogen-bond acceptors (Lipinski definition) is 4. The Balaban J connectivity index is 2.08. The molecule has 0 saturated carbocycles. The fraction of sp³-hybridized carbons (Fsp3) is 0.667.